The Morgan fingerprint density at radius 3 is 1.32 bits per heavy atom. The van der Waals surface area contributed by atoms with Crippen LogP contribution in [0.5, 0.6) is 23.0 Å². The summed E-state index contributed by atoms with van der Waals surface area (Å²) in [4.78, 5) is 0. The van der Waals surface area contributed by atoms with Crippen LogP contribution in [0, 0.1) is 0 Å². The van der Waals surface area contributed by atoms with Crippen LogP contribution < -0.4 is 0 Å². The summed E-state index contributed by atoms with van der Waals surface area (Å²) in [6, 6.07) is 28.3. The van der Waals surface area contributed by atoms with Gasteiger partial charge in [-0.1, -0.05) is 78.9 Å². The van der Waals surface area contributed by atoms with Gasteiger partial charge in [0, 0.05) is 16.7 Å². The normalized spacial score (nSPS) is 10.0. The van der Waals surface area contributed by atoms with Crippen LogP contribution >= 0.6 is 0 Å². The molecule has 0 spiro atoms. The lowest BCUT2D eigenvalue weighted by molar-refractivity contribution is 0.405. The highest BCUT2D eigenvalue weighted by Crippen LogP contribution is 2.36. The Bertz CT molecular complexity index is 1020. The molecular formula is C24H20O4. The number of hydrogen-bond donors (Lipinski definition) is 4. The van der Waals surface area contributed by atoms with Crippen LogP contribution in [0.1, 0.15) is 0 Å². The first-order valence-corrected chi connectivity index (χ1v) is 8.70. The Hall–Kier alpha value is -3.92. The SMILES string of the molecule is Oc1cccc(-c2ccccc2)c1O.Oc1ccccc1-c1ccccc1O. The van der Waals surface area contributed by atoms with Gasteiger partial charge in [0.1, 0.15) is 11.5 Å². The fourth-order valence-electron chi connectivity index (χ4n) is 2.78. The van der Waals surface area contributed by atoms with Crippen LogP contribution in [0.25, 0.3) is 22.3 Å². The molecule has 0 aromatic heterocycles. The molecule has 4 nitrogen and oxygen atoms in total. The van der Waals surface area contributed by atoms with Crippen LogP contribution in [0.4, 0.5) is 0 Å². The molecule has 4 rings (SSSR count). The number of benzene rings is 4. The van der Waals surface area contributed by atoms with Gasteiger partial charge in [0.15, 0.2) is 11.5 Å². The molecule has 0 heterocycles. The summed E-state index contributed by atoms with van der Waals surface area (Å²) in [6.45, 7) is 0. The minimum Gasteiger partial charge on any atom is -0.507 e. The third kappa shape index (κ3) is 4.24. The van der Waals surface area contributed by atoms with Crippen LogP contribution in [-0.2, 0) is 0 Å². The molecule has 0 bridgehead atoms. The van der Waals surface area contributed by atoms with Crippen molar-refractivity contribution in [2.24, 2.45) is 0 Å². The van der Waals surface area contributed by atoms with E-state index in [1.807, 2.05) is 42.5 Å². The Labute approximate surface area is 163 Å². The predicted octanol–water partition coefficient (Wildman–Crippen LogP) is 5.53. The van der Waals surface area contributed by atoms with Crippen molar-refractivity contribution in [3.63, 3.8) is 0 Å². The van der Waals surface area contributed by atoms with E-state index in [0.29, 0.717) is 16.7 Å². The number of aromatic hydroxyl groups is 4. The second kappa shape index (κ2) is 8.64. The number of phenols is 4. The van der Waals surface area contributed by atoms with Crippen molar-refractivity contribution in [2.75, 3.05) is 0 Å². The summed E-state index contributed by atoms with van der Waals surface area (Å²) in [5.74, 6) is 0.188. The highest BCUT2D eigenvalue weighted by atomic mass is 16.3. The largest absolute Gasteiger partial charge is 0.507 e. The first-order chi connectivity index (χ1) is 13.6. The molecule has 0 fully saturated rings. The molecule has 28 heavy (non-hydrogen) atoms. The average Bonchev–Trinajstić information content (AvgIpc) is 2.72. The monoisotopic (exact) mass is 372 g/mol. The van der Waals surface area contributed by atoms with E-state index in [9.17, 15) is 20.4 Å². The van der Waals surface area contributed by atoms with Crippen LogP contribution in [-0.4, -0.2) is 20.4 Å². The summed E-state index contributed by atoms with van der Waals surface area (Å²) in [7, 11) is 0. The predicted molar refractivity (Wildman–Crippen MR) is 110 cm³/mol. The highest BCUT2D eigenvalue weighted by Gasteiger charge is 2.07. The summed E-state index contributed by atoms with van der Waals surface area (Å²) >= 11 is 0. The van der Waals surface area contributed by atoms with Crippen molar-refractivity contribution in [1.29, 1.82) is 0 Å². The number of phenolic OH excluding ortho intramolecular Hbond substituents is 4. The smallest absolute Gasteiger partial charge is 0.165 e. The fourth-order valence-corrected chi connectivity index (χ4v) is 2.78. The van der Waals surface area contributed by atoms with E-state index in [1.165, 1.54) is 6.07 Å². The molecule has 4 aromatic carbocycles. The Morgan fingerprint density at radius 2 is 0.786 bits per heavy atom. The van der Waals surface area contributed by atoms with Gasteiger partial charge in [-0.2, -0.15) is 0 Å². The van der Waals surface area contributed by atoms with Gasteiger partial charge in [0.25, 0.3) is 0 Å². The lowest BCUT2D eigenvalue weighted by Crippen LogP contribution is -1.79. The third-order valence-corrected chi connectivity index (χ3v) is 4.20. The van der Waals surface area contributed by atoms with Crippen LogP contribution in [0.15, 0.2) is 97.1 Å². The van der Waals surface area contributed by atoms with Gasteiger partial charge in [0.2, 0.25) is 0 Å². The number of para-hydroxylation sites is 3. The first-order valence-electron chi connectivity index (χ1n) is 8.70. The molecule has 4 N–H and O–H groups in total. The van der Waals surface area contributed by atoms with Gasteiger partial charge in [-0.05, 0) is 23.8 Å². The summed E-state index contributed by atoms with van der Waals surface area (Å²) < 4.78 is 0. The molecule has 0 atom stereocenters. The third-order valence-electron chi connectivity index (χ3n) is 4.20. The van der Waals surface area contributed by atoms with Gasteiger partial charge in [-0.25, -0.2) is 0 Å². The van der Waals surface area contributed by atoms with Gasteiger partial charge in [-0.3, -0.25) is 0 Å². The second-order valence-electron chi connectivity index (χ2n) is 6.07. The lowest BCUT2D eigenvalue weighted by atomic mass is 10.0. The molecular weight excluding hydrogens is 352 g/mol. The van der Waals surface area contributed by atoms with E-state index in [2.05, 4.69) is 0 Å². The summed E-state index contributed by atoms with van der Waals surface area (Å²) in [5, 5.41) is 38.1. The highest BCUT2D eigenvalue weighted by molar-refractivity contribution is 5.75. The van der Waals surface area contributed by atoms with Crippen molar-refractivity contribution in [3.05, 3.63) is 97.1 Å². The maximum atomic E-state index is 9.60. The number of rotatable bonds is 2. The fraction of sp³-hybridized carbons (Fsp3) is 0. The van der Waals surface area contributed by atoms with Crippen molar-refractivity contribution < 1.29 is 20.4 Å². The van der Waals surface area contributed by atoms with Gasteiger partial charge >= 0.3 is 0 Å². The molecule has 0 unspecified atom stereocenters. The zero-order chi connectivity index (χ0) is 19.9. The minimum absolute atomic E-state index is 0.0706. The molecule has 4 heteroatoms. The average molecular weight is 372 g/mol. The topological polar surface area (TPSA) is 80.9 Å². The zero-order valence-electron chi connectivity index (χ0n) is 15.0. The molecule has 140 valence electrons. The van der Waals surface area contributed by atoms with E-state index in [-0.39, 0.29) is 23.0 Å². The Morgan fingerprint density at radius 1 is 0.357 bits per heavy atom. The maximum absolute atomic E-state index is 9.60. The van der Waals surface area contributed by atoms with Crippen molar-refractivity contribution in [3.8, 4) is 45.3 Å². The van der Waals surface area contributed by atoms with Crippen molar-refractivity contribution in [2.45, 2.75) is 0 Å². The van der Waals surface area contributed by atoms with Crippen LogP contribution in [0.3, 0.4) is 0 Å². The quantitative estimate of drug-likeness (QED) is 0.349. The molecule has 4 aromatic rings. The van der Waals surface area contributed by atoms with Gasteiger partial charge in [0.05, 0.1) is 0 Å². The Balaban J connectivity index is 0.000000161. The van der Waals surface area contributed by atoms with E-state index in [4.69, 9.17) is 0 Å². The molecule has 0 radical (unpaired) electrons. The second-order valence-corrected chi connectivity index (χ2v) is 6.07. The summed E-state index contributed by atoms with van der Waals surface area (Å²) in [5.41, 5.74) is 2.82. The minimum atomic E-state index is -0.0913. The van der Waals surface area contributed by atoms with Crippen LogP contribution in [0.2, 0.25) is 0 Å². The van der Waals surface area contributed by atoms with E-state index >= 15 is 0 Å². The van der Waals surface area contributed by atoms with E-state index < -0.39 is 0 Å². The molecule has 0 amide bonds. The molecule has 0 aliphatic heterocycles. The van der Waals surface area contributed by atoms with E-state index in [0.717, 1.165) is 5.56 Å². The molecule has 0 saturated heterocycles. The summed E-state index contributed by atoms with van der Waals surface area (Å²) in [6.07, 6.45) is 0. The maximum Gasteiger partial charge on any atom is 0.165 e. The zero-order valence-corrected chi connectivity index (χ0v) is 15.0. The van der Waals surface area contributed by atoms with Gasteiger partial charge < -0.3 is 20.4 Å². The van der Waals surface area contributed by atoms with Crippen molar-refractivity contribution >= 4 is 0 Å². The van der Waals surface area contributed by atoms with E-state index in [1.54, 1.807) is 48.5 Å². The first kappa shape index (κ1) is 18.9. The van der Waals surface area contributed by atoms with Gasteiger partial charge in [-0.15, -0.1) is 0 Å². The standard InChI is InChI=1S/2C12H10O2/c13-11-7-3-1-5-9(11)10-6-2-4-8-12(10)14;13-11-8-4-7-10(12(11)14)9-5-2-1-3-6-9/h2*1-8,13-14H. The molecule has 0 saturated carbocycles. The lowest BCUT2D eigenvalue weighted by Gasteiger charge is -2.05. The Kier molecular flexibility index (Phi) is 5.82. The molecule has 0 aliphatic carbocycles. The molecule has 0 aliphatic rings. The van der Waals surface area contributed by atoms with Crippen molar-refractivity contribution in [1.82, 2.24) is 0 Å². The number of hydrogen-bond acceptors (Lipinski definition) is 4.